The molecule has 30 heavy (non-hydrogen) atoms. The van der Waals surface area contributed by atoms with E-state index < -0.39 is 0 Å². The standard InChI is InChI=1S/C23H32BrN5O/c1-15-22(27-17-12-18-6-7-19(13-17)29(18)3)25-14-26-23(15)28(2)10-9-16-5-8-21(30-4)20(24)11-16/h5,8,11,14,17-19H,6-7,9-10,12-13H2,1-4H3,(H,25,26,27). The SMILES string of the molecule is COc1ccc(CCN(C)c2ncnc(NC3CC4CCC(C3)N4C)c2C)cc1Br. The van der Waals surface area contributed by atoms with E-state index in [-0.39, 0.29) is 0 Å². The Labute approximate surface area is 188 Å². The van der Waals surface area contributed by atoms with Crippen LogP contribution in [-0.4, -0.2) is 60.7 Å². The van der Waals surface area contributed by atoms with E-state index in [0.29, 0.717) is 18.1 Å². The molecule has 2 bridgehead atoms. The second-order valence-corrected chi connectivity index (χ2v) is 9.53. The Morgan fingerprint density at radius 1 is 1.23 bits per heavy atom. The molecule has 2 saturated heterocycles. The van der Waals surface area contributed by atoms with Crippen LogP contribution >= 0.6 is 15.9 Å². The van der Waals surface area contributed by atoms with E-state index in [1.165, 1.54) is 31.2 Å². The number of nitrogens with zero attached hydrogens (tertiary/aromatic N) is 4. The number of aromatic nitrogens is 2. The van der Waals surface area contributed by atoms with Gasteiger partial charge in [0.05, 0.1) is 11.6 Å². The van der Waals surface area contributed by atoms with Gasteiger partial charge in [0.25, 0.3) is 0 Å². The van der Waals surface area contributed by atoms with Crippen molar-refractivity contribution < 1.29 is 4.74 Å². The molecule has 0 saturated carbocycles. The first-order valence-corrected chi connectivity index (χ1v) is 11.6. The van der Waals surface area contributed by atoms with Gasteiger partial charge in [-0.2, -0.15) is 0 Å². The summed E-state index contributed by atoms with van der Waals surface area (Å²) in [6.07, 6.45) is 7.69. The molecule has 4 rings (SSSR count). The van der Waals surface area contributed by atoms with Gasteiger partial charge in [-0.05, 0) is 79.7 Å². The number of hydrogen-bond acceptors (Lipinski definition) is 6. The molecule has 1 aromatic carbocycles. The van der Waals surface area contributed by atoms with Gasteiger partial charge in [0.15, 0.2) is 0 Å². The van der Waals surface area contributed by atoms with Gasteiger partial charge in [-0.3, -0.25) is 0 Å². The van der Waals surface area contributed by atoms with Crippen molar-refractivity contribution in [3.05, 3.63) is 40.1 Å². The number of nitrogens with one attached hydrogen (secondary N) is 1. The smallest absolute Gasteiger partial charge is 0.136 e. The van der Waals surface area contributed by atoms with Gasteiger partial charge in [0.1, 0.15) is 23.7 Å². The minimum Gasteiger partial charge on any atom is -0.496 e. The maximum Gasteiger partial charge on any atom is 0.136 e. The average molecular weight is 474 g/mol. The molecule has 2 atom stereocenters. The van der Waals surface area contributed by atoms with Crippen LogP contribution in [0.1, 0.15) is 36.8 Å². The lowest BCUT2D eigenvalue weighted by atomic mass is 9.98. The molecule has 2 aromatic rings. The highest BCUT2D eigenvalue weighted by molar-refractivity contribution is 9.10. The molecule has 1 aromatic heterocycles. The van der Waals surface area contributed by atoms with E-state index in [0.717, 1.165) is 40.4 Å². The van der Waals surface area contributed by atoms with Crippen molar-refractivity contribution >= 4 is 27.6 Å². The quantitative estimate of drug-likeness (QED) is 0.647. The normalized spacial score (nSPS) is 23.4. The lowest BCUT2D eigenvalue weighted by molar-refractivity contribution is 0.168. The maximum atomic E-state index is 5.33. The summed E-state index contributed by atoms with van der Waals surface area (Å²) >= 11 is 3.57. The van der Waals surface area contributed by atoms with Crippen molar-refractivity contribution in [3.63, 3.8) is 0 Å². The number of halogens is 1. The summed E-state index contributed by atoms with van der Waals surface area (Å²) in [6.45, 7) is 3.01. The summed E-state index contributed by atoms with van der Waals surface area (Å²) in [6, 6.07) is 8.18. The molecule has 0 radical (unpaired) electrons. The van der Waals surface area contributed by atoms with E-state index >= 15 is 0 Å². The summed E-state index contributed by atoms with van der Waals surface area (Å²) < 4.78 is 6.31. The Kier molecular flexibility index (Phi) is 6.48. The fraction of sp³-hybridized carbons (Fsp3) is 0.565. The Morgan fingerprint density at radius 2 is 1.97 bits per heavy atom. The number of anilines is 2. The van der Waals surface area contributed by atoms with Crippen LogP contribution in [0.3, 0.4) is 0 Å². The van der Waals surface area contributed by atoms with Crippen LogP contribution in [0.2, 0.25) is 0 Å². The average Bonchev–Trinajstić information content (AvgIpc) is 2.94. The highest BCUT2D eigenvalue weighted by Crippen LogP contribution is 2.36. The fourth-order valence-corrected chi connectivity index (χ4v) is 5.55. The van der Waals surface area contributed by atoms with Crippen molar-refractivity contribution in [2.45, 2.75) is 57.2 Å². The molecule has 2 aliphatic heterocycles. The Bertz CT molecular complexity index is 878. The van der Waals surface area contributed by atoms with Crippen LogP contribution in [0.25, 0.3) is 0 Å². The van der Waals surface area contributed by atoms with Gasteiger partial charge in [-0.25, -0.2) is 9.97 Å². The largest absolute Gasteiger partial charge is 0.496 e. The number of ether oxygens (including phenoxy) is 1. The second kappa shape index (κ2) is 9.10. The predicted octanol–water partition coefficient (Wildman–Crippen LogP) is 4.27. The van der Waals surface area contributed by atoms with Crippen LogP contribution in [-0.2, 0) is 6.42 Å². The summed E-state index contributed by atoms with van der Waals surface area (Å²) in [7, 11) is 6.07. The van der Waals surface area contributed by atoms with E-state index in [1.807, 2.05) is 6.07 Å². The molecule has 1 N–H and O–H groups in total. The molecule has 3 heterocycles. The highest BCUT2D eigenvalue weighted by Gasteiger charge is 2.38. The first kappa shape index (κ1) is 21.4. The molecule has 0 spiro atoms. The fourth-order valence-electron chi connectivity index (χ4n) is 4.96. The van der Waals surface area contributed by atoms with E-state index in [2.05, 4.69) is 74.2 Å². The van der Waals surface area contributed by atoms with Gasteiger partial charge >= 0.3 is 0 Å². The first-order valence-electron chi connectivity index (χ1n) is 10.8. The molecule has 2 fully saturated rings. The Balaban J connectivity index is 1.40. The van der Waals surface area contributed by atoms with Crippen LogP contribution in [0.4, 0.5) is 11.6 Å². The predicted molar refractivity (Wildman–Crippen MR) is 126 cm³/mol. The zero-order chi connectivity index (χ0) is 21.3. The third-order valence-corrected chi connectivity index (χ3v) is 7.43. The molecule has 2 unspecified atom stereocenters. The van der Waals surface area contributed by atoms with E-state index in [4.69, 9.17) is 4.74 Å². The molecule has 162 valence electrons. The van der Waals surface area contributed by atoms with Crippen LogP contribution in [0.15, 0.2) is 29.0 Å². The van der Waals surface area contributed by atoms with Gasteiger partial charge in [-0.1, -0.05) is 6.07 Å². The summed E-state index contributed by atoms with van der Waals surface area (Å²) in [5, 5.41) is 3.74. The summed E-state index contributed by atoms with van der Waals surface area (Å²) in [5.41, 5.74) is 2.39. The molecular formula is C23H32BrN5O. The third-order valence-electron chi connectivity index (χ3n) is 6.81. The number of rotatable bonds is 7. The van der Waals surface area contributed by atoms with E-state index in [9.17, 15) is 0 Å². The second-order valence-electron chi connectivity index (χ2n) is 8.67. The lowest BCUT2D eigenvalue weighted by Gasteiger charge is -2.37. The topological polar surface area (TPSA) is 53.5 Å². The van der Waals surface area contributed by atoms with Gasteiger partial charge in [0.2, 0.25) is 0 Å². The molecule has 7 heteroatoms. The zero-order valence-corrected chi connectivity index (χ0v) is 19.9. The molecule has 2 aliphatic rings. The van der Waals surface area contributed by atoms with Crippen molar-refractivity contribution in [1.29, 1.82) is 0 Å². The van der Waals surface area contributed by atoms with Gasteiger partial charge in [0, 0.05) is 37.3 Å². The third kappa shape index (κ3) is 4.42. The molecule has 0 amide bonds. The monoisotopic (exact) mass is 473 g/mol. The number of benzene rings is 1. The Morgan fingerprint density at radius 3 is 2.63 bits per heavy atom. The van der Waals surface area contributed by atoms with Crippen molar-refractivity contribution in [3.8, 4) is 5.75 Å². The Hall–Kier alpha value is -1.86. The van der Waals surface area contributed by atoms with Crippen molar-refractivity contribution in [2.24, 2.45) is 0 Å². The minimum atomic E-state index is 0.502. The highest BCUT2D eigenvalue weighted by atomic mass is 79.9. The molecular weight excluding hydrogens is 442 g/mol. The number of likely N-dealkylation sites (N-methyl/N-ethyl adjacent to an activating group) is 1. The lowest BCUT2D eigenvalue weighted by Crippen LogP contribution is -2.44. The number of hydrogen-bond donors (Lipinski definition) is 1. The number of methoxy groups -OCH3 is 1. The molecule has 0 aliphatic carbocycles. The van der Waals surface area contributed by atoms with Crippen LogP contribution < -0.4 is 15.0 Å². The van der Waals surface area contributed by atoms with Crippen LogP contribution in [0.5, 0.6) is 5.75 Å². The molecule has 6 nitrogen and oxygen atoms in total. The minimum absolute atomic E-state index is 0.502. The summed E-state index contributed by atoms with van der Waals surface area (Å²) in [4.78, 5) is 13.9. The first-order chi connectivity index (χ1) is 14.5. The van der Waals surface area contributed by atoms with E-state index in [1.54, 1.807) is 13.4 Å². The van der Waals surface area contributed by atoms with Gasteiger partial charge < -0.3 is 19.9 Å². The maximum absolute atomic E-state index is 5.33. The number of piperidine rings is 1. The van der Waals surface area contributed by atoms with Gasteiger partial charge in [-0.15, -0.1) is 0 Å². The van der Waals surface area contributed by atoms with Crippen molar-refractivity contribution in [1.82, 2.24) is 14.9 Å². The number of fused-ring (bicyclic) bond motifs is 2. The zero-order valence-electron chi connectivity index (χ0n) is 18.4. The van der Waals surface area contributed by atoms with Crippen LogP contribution in [0, 0.1) is 6.92 Å². The summed E-state index contributed by atoms with van der Waals surface area (Å²) in [5.74, 6) is 2.83. The van der Waals surface area contributed by atoms with Crippen molar-refractivity contribution in [2.75, 3.05) is 38.0 Å².